The molecule has 2 N–H and O–H groups in total. The van der Waals surface area contributed by atoms with E-state index in [1.165, 1.54) is 41.4 Å². The number of hydrogen-bond donors (Lipinski definition) is 2. The van der Waals surface area contributed by atoms with E-state index in [0.717, 1.165) is 18.7 Å². The van der Waals surface area contributed by atoms with Crippen LogP contribution in [0.1, 0.15) is 35.8 Å². The van der Waals surface area contributed by atoms with Crippen molar-refractivity contribution in [2.24, 2.45) is 0 Å². The van der Waals surface area contributed by atoms with E-state index >= 15 is 0 Å². The zero-order chi connectivity index (χ0) is 14.8. The van der Waals surface area contributed by atoms with Crippen LogP contribution in [0.4, 0.5) is 0 Å². The molecule has 3 aromatic rings. The van der Waals surface area contributed by atoms with Crippen molar-refractivity contribution in [2.75, 3.05) is 6.54 Å². The molecule has 1 aliphatic carbocycles. The molecule has 1 unspecified atom stereocenters. The number of rotatable bonds is 4. The number of aromatic nitrogens is 3. The Balaban J connectivity index is 1.50. The van der Waals surface area contributed by atoms with Gasteiger partial charge in [0.05, 0.1) is 0 Å². The summed E-state index contributed by atoms with van der Waals surface area (Å²) in [6.45, 7) is 0.941. The maximum atomic E-state index is 4.28. The van der Waals surface area contributed by atoms with E-state index < -0.39 is 0 Å². The Hall–Kier alpha value is -2.20. The summed E-state index contributed by atoms with van der Waals surface area (Å²) < 4.78 is 0. The van der Waals surface area contributed by atoms with Crippen LogP contribution in [0.3, 0.4) is 0 Å². The smallest absolute Gasteiger partial charge is 0.115 e. The van der Waals surface area contributed by atoms with Crippen molar-refractivity contribution >= 4 is 10.9 Å². The van der Waals surface area contributed by atoms with Gasteiger partial charge in [0, 0.05) is 47.5 Å². The Labute approximate surface area is 130 Å². The first-order valence-electron chi connectivity index (χ1n) is 7.99. The van der Waals surface area contributed by atoms with Crippen molar-refractivity contribution in [3.05, 3.63) is 59.8 Å². The lowest BCUT2D eigenvalue weighted by Gasteiger charge is -2.24. The monoisotopic (exact) mass is 292 g/mol. The fourth-order valence-corrected chi connectivity index (χ4v) is 3.46. The van der Waals surface area contributed by atoms with Gasteiger partial charge < -0.3 is 10.3 Å². The Kier molecular flexibility index (Phi) is 3.60. The average Bonchev–Trinajstić information content (AvgIpc) is 2.96. The summed E-state index contributed by atoms with van der Waals surface area (Å²) in [6.07, 6.45) is 7.99. The summed E-state index contributed by atoms with van der Waals surface area (Å²) in [5.41, 5.74) is 5.24. The number of aromatic amines is 1. The molecule has 0 bridgehead atoms. The first kappa shape index (κ1) is 13.5. The van der Waals surface area contributed by atoms with Gasteiger partial charge in [-0.1, -0.05) is 18.2 Å². The number of aryl methyl sites for hydroxylation is 1. The van der Waals surface area contributed by atoms with E-state index in [2.05, 4.69) is 44.5 Å². The third-order valence-corrected chi connectivity index (χ3v) is 4.53. The van der Waals surface area contributed by atoms with E-state index in [0.29, 0.717) is 6.04 Å². The molecule has 0 fully saturated rings. The highest BCUT2D eigenvalue weighted by Crippen LogP contribution is 2.34. The Bertz CT molecular complexity index is 763. The summed E-state index contributed by atoms with van der Waals surface area (Å²) in [5, 5.41) is 5.08. The summed E-state index contributed by atoms with van der Waals surface area (Å²) >= 11 is 0. The minimum Gasteiger partial charge on any atom is -0.357 e. The van der Waals surface area contributed by atoms with Crippen LogP contribution in [-0.4, -0.2) is 21.5 Å². The molecule has 4 rings (SSSR count). The standard InChI is InChI=1S/C18H20N4/c1-2-6-16-14(4-1)15-5-3-7-17(18(15)22-16)20-11-9-13-8-10-19-12-21-13/h1-2,4,6,8,10,12,17,20,22H,3,5,7,9,11H2. The van der Waals surface area contributed by atoms with Gasteiger partial charge in [0.25, 0.3) is 0 Å². The number of nitrogens with zero attached hydrogens (tertiary/aromatic N) is 2. The minimum atomic E-state index is 0.429. The number of fused-ring (bicyclic) bond motifs is 3. The molecular weight excluding hydrogens is 272 g/mol. The van der Waals surface area contributed by atoms with E-state index in [9.17, 15) is 0 Å². The molecule has 22 heavy (non-hydrogen) atoms. The maximum Gasteiger partial charge on any atom is 0.115 e. The van der Waals surface area contributed by atoms with Crippen LogP contribution in [0.15, 0.2) is 42.9 Å². The van der Waals surface area contributed by atoms with Gasteiger partial charge in [-0.25, -0.2) is 9.97 Å². The molecule has 2 heterocycles. The molecule has 2 aromatic heterocycles. The number of hydrogen-bond acceptors (Lipinski definition) is 3. The fraction of sp³-hybridized carbons (Fsp3) is 0.333. The topological polar surface area (TPSA) is 53.6 Å². The summed E-state index contributed by atoms with van der Waals surface area (Å²) in [7, 11) is 0. The molecular formula is C18H20N4. The predicted octanol–water partition coefficient (Wildman–Crippen LogP) is 3.17. The summed E-state index contributed by atoms with van der Waals surface area (Å²) in [6, 6.07) is 11.0. The van der Waals surface area contributed by atoms with Crippen LogP contribution in [0, 0.1) is 0 Å². The van der Waals surface area contributed by atoms with Gasteiger partial charge in [0.15, 0.2) is 0 Å². The van der Waals surface area contributed by atoms with Crippen LogP contribution in [0.25, 0.3) is 10.9 Å². The van der Waals surface area contributed by atoms with Crippen molar-refractivity contribution in [1.82, 2.24) is 20.3 Å². The zero-order valence-electron chi connectivity index (χ0n) is 12.5. The van der Waals surface area contributed by atoms with Crippen molar-refractivity contribution < 1.29 is 0 Å². The number of nitrogens with one attached hydrogen (secondary N) is 2. The van der Waals surface area contributed by atoms with Gasteiger partial charge in [-0.2, -0.15) is 0 Å². The lowest BCUT2D eigenvalue weighted by atomic mass is 9.91. The van der Waals surface area contributed by atoms with Crippen LogP contribution in [0.5, 0.6) is 0 Å². The number of benzene rings is 1. The normalized spacial score (nSPS) is 17.5. The lowest BCUT2D eigenvalue weighted by molar-refractivity contribution is 0.455. The average molecular weight is 292 g/mol. The number of H-pyrrole nitrogens is 1. The Morgan fingerprint density at radius 1 is 1.23 bits per heavy atom. The fourth-order valence-electron chi connectivity index (χ4n) is 3.46. The first-order valence-corrected chi connectivity index (χ1v) is 7.99. The van der Waals surface area contributed by atoms with Crippen molar-refractivity contribution in [1.29, 1.82) is 0 Å². The van der Waals surface area contributed by atoms with Gasteiger partial charge >= 0.3 is 0 Å². The molecule has 0 spiro atoms. The second kappa shape index (κ2) is 5.89. The highest BCUT2D eigenvalue weighted by atomic mass is 15.0. The molecule has 0 saturated heterocycles. The summed E-state index contributed by atoms with van der Waals surface area (Å²) in [5.74, 6) is 0. The quantitative estimate of drug-likeness (QED) is 0.776. The van der Waals surface area contributed by atoms with Crippen LogP contribution in [0.2, 0.25) is 0 Å². The van der Waals surface area contributed by atoms with E-state index in [-0.39, 0.29) is 0 Å². The van der Waals surface area contributed by atoms with Gasteiger partial charge in [-0.05, 0) is 37.0 Å². The van der Waals surface area contributed by atoms with E-state index in [1.54, 1.807) is 12.5 Å². The molecule has 0 aliphatic heterocycles. The minimum absolute atomic E-state index is 0.429. The highest BCUT2D eigenvalue weighted by molar-refractivity contribution is 5.85. The van der Waals surface area contributed by atoms with Crippen LogP contribution in [-0.2, 0) is 12.8 Å². The molecule has 112 valence electrons. The van der Waals surface area contributed by atoms with Gasteiger partial charge in [0.1, 0.15) is 6.33 Å². The maximum absolute atomic E-state index is 4.28. The second-order valence-corrected chi connectivity index (χ2v) is 5.91. The van der Waals surface area contributed by atoms with Crippen LogP contribution < -0.4 is 5.32 Å². The lowest BCUT2D eigenvalue weighted by Crippen LogP contribution is -2.27. The Morgan fingerprint density at radius 3 is 3.09 bits per heavy atom. The van der Waals surface area contributed by atoms with Crippen molar-refractivity contribution in [3.63, 3.8) is 0 Å². The zero-order valence-corrected chi connectivity index (χ0v) is 12.5. The molecule has 1 aromatic carbocycles. The molecule has 4 heteroatoms. The van der Waals surface area contributed by atoms with Crippen molar-refractivity contribution in [3.8, 4) is 0 Å². The summed E-state index contributed by atoms with van der Waals surface area (Å²) in [4.78, 5) is 11.9. The molecule has 1 atom stereocenters. The third-order valence-electron chi connectivity index (χ3n) is 4.53. The third kappa shape index (κ3) is 2.50. The van der Waals surface area contributed by atoms with Gasteiger partial charge in [-0.15, -0.1) is 0 Å². The predicted molar refractivity (Wildman–Crippen MR) is 87.7 cm³/mol. The molecule has 0 radical (unpaired) electrons. The second-order valence-electron chi connectivity index (χ2n) is 5.91. The highest BCUT2D eigenvalue weighted by Gasteiger charge is 2.23. The van der Waals surface area contributed by atoms with Gasteiger partial charge in [-0.3, -0.25) is 0 Å². The first-order chi connectivity index (χ1) is 10.9. The molecule has 4 nitrogen and oxygen atoms in total. The molecule has 1 aliphatic rings. The molecule has 0 amide bonds. The van der Waals surface area contributed by atoms with E-state index in [1.807, 2.05) is 6.07 Å². The molecule has 0 saturated carbocycles. The number of para-hydroxylation sites is 1. The van der Waals surface area contributed by atoms with Crippen LogP contribution >= 0.6 is 0 Å². The SMILES string of the molecule is c1ccc2c3c([nH]c2c1)C(NCCc1ccncn1)CCC3. The van der Waals surface area contributed by atoms with Gasteiger partial charge in [0.2, 0.25) is 0 Å². The van der Waals surface area contributed by atoms with Crippen molar-refractivity contribution in [2.45, 2.75) is 31.7 Å². The largest absolute Gasteiger partial charge is 0.357 e. The Morgan fingerprint density at radius 2 is 2.18 bits per heavy atom. The van der Waals surface area contributed by atoms with E-state index in [4.69, 9.17) is 0 Å².